The van der Waals surface area contributed by atoms with Crippen molar-refractivity contribution in [3.05, 3.63) is 36.5 Å². The highest BCUT2D eigenvalue weighted by atomic mass is 16.5. The molecule has 3 amide bonds. The van der Waals surface area contributed by atoms with Crippen LogP contribution < -0.4 is 24.6 Å². The summed E-state index contributed by atoms with van der Waals surface area (Å²) in [5.74, 6) is 0.408. The molecule has 138 valence electrons. The zero-order valence-corrected chi connectivity index (χ0v) is 14.5. The molecule has 1 aromatic heterocycles. The SMILES string of the molecule is CN1C(=O)COc2cc(NC(=O)CN3C(=O)COc4cccnc43)ccc21. The number of carbonyl (C=O) groups is 3. The van der Waals surface area contributed by atoms with E-state index in [1.165, 1.54) is 16.0 Å². The van der Waals surface area contributed by atoms with Crippen molar-refractivity contribution < 1.29 is 23.9 Å². The van der Waals surface area contributed by atoms with Crippen LogP contribution in [0.25, 0.3) is 0 Å². The summed E-state index contributed by atoms with van der Waals surface area (Å²) in [4.78, 5) is 43.1. The lowest BCUT2D eigenvalue weighted by molar-refractivity contribution is -0.123. The maximum absolute atomic E-state index is 12.4. The number of amides is 3. The van der Waals surface area contributed by atoms with E-state index in [-0.39, 0.29) is 37.5 Å². The summed E-state index contributed by atoms with van der Waals surface area (Å²) in [6.45, 7) is -0.382. The molecule has 3 heterocycles. The number of carbonyl (C=O) groups excluding carboxylic acids is 3. The summed E-state index contributed by atoms with van der Waals surface area (Å²) in [5.41, 5.74) is 1.13. The van der Waals surface area contributed by atoms with E-state index < -0.39 is 0 Å². The van der Waals surface area contributed by atoms with Gasteiger partial charge in [0.1, 0.15) is 12.3 Å². The Morgan fingerprint density at radius 3 is 2.78 bits per heavy atom. The van der Waals surface area contributed by atoms with Crippen molar-refractivity contribution in [3.8, 4) is 11.5 Å². The van der Waals surface area contributed by atoms with Gasteiger partial charge in [-0.1, -0.05) is 0 Å². The molecular weight excluding hydrogens is 352 g/mol. The third-order valence-corrected chi connectivity index (χ3v) is 4.29. The first kappa shape index (κ1) is 16.8. The van der Waals surface area contributed by atoms with Crippen molar-refractivity contribution in [1.82, 2.24) is 4.98 Å². The van der Waals surface area contributed by atoms with Crippen LogP contribution >= 0.6 is 0 Å². The van der Waals surface area contributed by atoms with Gasteiger partial charge in [0.25, 0.3) is 11.8 Å². The number of nitrogens with one attached hydrogen (secondary N) is 1. The first-order valence-corrected chi connectivity index (χ1v) is 8.24. The molecule has 0 spiro atoms. The minimum absolute atomic E-state index is 0.0500. The number of nitrogens with zero attached hydrogens (tertiary/aromatic N) is 3. The maximum Gasteiger partial charge on any atom is 0.266 e. The van der Waals surface area contributed by atoms with Crippen LogP contribution in [0.5, 0.6) is 11.5 Å². The first-order chi connectivity index (χ1) is 13.0. The van der Waals surface area contributed by atoms with Gasteiger partial charge in [-0.25, -0.2) is 4.98 Å². The molecule has 0 saturated carbocycles. The molecule has 0 fully saturated rings. The lowest BCUT2D eigenvalue weighted by Gasteiger charge is -2.28. The fourth-order valence-electron chi connectivity index (χ4n) is 2.90. The Morgan fingerprint density at radius 1 is 1.15 bits per heavy atom. The molecular formula is C18H16N4O5. The van der Waals surface area contributed by atoms with Crippen molar-refractivity contribution in [2.45, 2.75) is 0 Å². The molecule has 0 saturated heterocycles. The average molecular weight is 368 g/mol. The van der Waals surface area contributed by atoms with E-state index in [1.54, 1.807) is 37.4 Å². The monoisotopic (exact) mass is 368 g/mol. The van der Waals surface area contributed by atoms with Crippen molar-refractivity contribution in [2.75, 3.05) is 41.9 Å². The molecule has 2 aromatic rings. The maximum atomic E-state index is 12.4. The van der Waals surface area contributed by atoms with Crippen LogP contribution in [0, 0.1) is 0 Å². The fourth-order valence-corrected chi connectivity index (χ4v) is 2.90. The number of ether oxygens (including phenoxy) is 2. The Balaban J connectivity index is 1.49. The molecule has 1 aromatic carbocycles. The van der Waals surface area contributed by atoms with Gasteiger partial charge >= 0.3 is 0 Å². The molecule has 0 bridgehead atoms. The summed E-state index contributed by atoms with van der Waals surface area (Å²) < 4.78 is 10.7. The summed E-state index contributed by atoms with van der Waals surface area (Å²) in [6, 6.07) is 8.39. The summed E-state index contributed by atoms with van der Waals surface area (Å²) in [5, 5.41) is 2.73. The highest BCUT2D eigenvalue weighted by molar-refractivity contribution is 6.04. The Morgan fingerprint density at radius 2 is 1.93 bits per heavy atom. The quantitative estimate of drug-likeness (QED) is 0.860. The van der Waals surface area contributed by atoms with Crippen molar-refractivity contribution in [2.24, 2.45) is 0 Å². The highest BCUT2D eigenvalue weighted by Gasteiger charge is 2.28. The summed E-state index contributed by atoms with van der Waals surface area (Å²) in [6.07, 6.45) is 1.53. The van der Waals surface area contributed by atoms with Gasteiger partial charge in [-0.3, -0.25) is 19.3 Å². The minimum atomic E-state index is -0.387. The molecule has 9 nitrogen and oxygen atoms in total. The van der Waals surface area contributed by atoms with Gasteiger partial charge in [-0.2, -0.15) is 0 Å². The van der Waals surface area contributed by atoms with E-state index in [0.717, 1.165) is 0 Å². The van der Waals surface area contributed by atoms with Crippen LogP contribution in [0.4, 0.5) is 17.2 Å². The van der Waals surface area contributed by atoms with Crippen molar-refractivity contribution >= 4 is 34.9 Å². The molecule has 0 unspecified atom stereocenters. The second-order valence-electron chi connectivity index (χ2n) is 6.07. The number of pyridine rings is 1. The zero-order valence-electron chi connectivity index (χ0n) is 14.5. The molecule has 2 aliphatic heterocycles. The number of benzene rings is 1. The van der Waals surface area contributed by atoms with E-state index in [1.807, 2.05) is 0 Å². The van der Waals surface area contributed by atoms with Crippen LogP contribution in [0.2, 0.25) is 0 Å². The number of likely N-dealkylation sites (N-methyl/N-ethyl adjacent to an activating group) is 1. The topological polar surface area (TPSA) is 101 Å². The van der Waals surface area contributed by atoms with Crippen LogP contribution in [-0.2, 0) is 14.4 Å². The number of anilines is 3. The number of hydrogen-bond acceptors (Lipinski definition) is 6. The van der Waals surface area contributed by atoms with Gasteiger partial charge in [-0.15, -0.1) is 0 Å². The molecule has 9 heteroatoms. The second kappa shape index (κ2) is 6.60. The number of rotatable bonds is 3. The molecule has 0 atom stereocenters. The third kappa shape index (κ3) is 3.14. The van der Waals surface area contributed by atoms with Crippen LogP contribution in [0.1, 0.15) is 0 Å². The van der Waals surface area contributed by atoms with E-state index in [9.17, 15) is 14.4 Å². The molecule has 0 radical (unpaired) electrons. The predicted octanol–water partition coefficient (Wildman–Crippen LogP) is 0.801. The summed E-state index contributed by atoms with van der Waals surface area (Å²) >= 11 is 0. The van der Waals surface area contributed by atoms with Crippen LogP contribution in [0.3, 0.4) is 0 Å². The molecule has 2 aliphatic rings. The number of hydrogen-bond donors (Lipinski definition) is 1. The van der Waals surface area contributed by atoms with E-state index in [4.69, 9.17) is 9.47 Å². The number of aromatic nitrogens is 1. The minimum Gasteiger partial charge on any atom is -0.481 e. The Kier molecular flexibility index (Phi) is 4.11. The largest absolute Gasteiger partial charge is 0.481 e. The molecule has 0 aliphatic carbocycles. The zero-order chi connectivity index (χ0) is 19.0. The van der Waals surface area contributed by atoms with Crippen molar-refractivity contribution in [3.63, 3.8) is 0 Å². The van der Waals surface area contributed by atoms with Gasteiger partial charge in [0.05, 0.1) is 5.69 Å². The lowest BCUT2D eigenvalue weighted by Crippen LogP contribution is -2.44. The fraction of sp³-hybridized carbons (Fsp3) is 0.222. The Bertz CT molecular complexity index is 945. The Hall–Kier alpha value is -3.62. The van der Waals surface area contributed by atoms with Gasteiger partial charge < -0.3 is 19.7 Å². The first-order valence-electron chi connectivity index (χ1n) is 8.24. The molecule has 1 N–H and O–H groups in total. The van der Waals surface area contributed by atoms with Gasteiger partial charge in [0, 0.05) is 25.0 Å². The normalized spacial score (nSPS) is 15.4. The Labute approximate surface area is 154 Å². The van der Waals surface area contributed by atoms with Gasteiger partial charge in [-0.05, 0) is 24.3 Å². The lowest BCUT2D eigenvalue weighted by atomic mass is 10.2. The average Bonchev–Trinajstić information content (AvgIpc) is 2.67. The molecule has 27 heavy (non-hydrogen) atoms. The number of fused-ring (bicyclic) bond motifs is 2. The molecule has 4 rings (SSSR count). The van der Waals surface area contributed by atoms with Gasteiger partial charge in [0.15, 0.2) is 24.8 Å². The van der Waals surface area contributed by atoms with E-state index in [2.05, 4.69) is 10.3 Å². The third-order valence-electron chi connectivity index (χ3n) is 4.29. The van der Waals surface area contributed by atoms with Crippen LogP contribution in [0.15, 0.2) is 36.5 Å². The standard InChI is InChI=1S/C18H16N4O5/c1-21-12-5-4-11(7-14(12)27-9-16(21)24)20-15(23)8-22-17(25)10-26-13-3-2-6-19-18(13)22/h2-7H,8-10H2,1H3,(H,20,23). The highest BCUT2D eigenvalue weighted by Crippen LogP contribution is 2.34. The predicted molar refractivity (Wildman–Crippen MR) is 96.1 cm³/mol. The van der Waals surface area contributed by atoms with Crippen LogP contribution in [-0.4, -0.2) is 49.5 Å². The summed E-state index contributed by atoms with van der Waals surface area (Å²) in [7, 11) is 1.66. The smallest absolute Gasteiger partial charge is 0.266 e. The second-order valence-corrected chi connectivity index (χ2v) is 6.07. The van der Waals surface area contributed by atoms with Crippen molar-refractivity contribution in [1.29, 1.82) is 0 Å². The van der Waals surface area contributed by atoms with E-state index in [0.29, 0.717) is 28.7 Å². The van der Waals surface area contributed by atoms with E-state index >= 15 is 0 Å². The van der Waals surface area contributed by atoms with Gasteiger partial charge in [0.2, 0.25) is 5.91 Å².